The van der Waals surface area contributed by atoms with Gasteiger partial charge in [-0.05, 0) is 0 Å². The molecule has 0 saturated heterocycles. The Hall–Kier alpha value is -0.167. The van der Waals surface area contributed by atoms with Gasteiger partial charge in [0, 0.05) is 25.6 Å². The fraction of sp³-hybridized carbons (Fsp3) is 0. The van der Waals surface area contributed by atoms with Crippen molar-refractivity contribution in [3.8, 4) is 0 Å². The van der Waals surface area contributed by atoms with Crippen molar-refractivity contribution in [1.82, 2.24) is 0 Å². The van der Waals surface area contributed by atoms with Crippen LogP contribution in [-0.4, -0.2) is 11.1 Å². The average Bonchev–Trinajstić information content (AvgIpc) is 1.38. The van der Waals surface area contributed by atoms with Gasteiger partial charge in [-0.1, -0.05) is 6.58 Å². The number of aliphatic carboxylic acids is 1. The van der Waals surface area contributed by atoms with E-state index in [2.05, 4.69) is 6.58 Å². The number of hydrogen-bond acceptors (Lipinski definition) is 1. The van der Waals surface area contributed by atoms with Crippen LogP contribution in [0.3, 0.4) is 0 Å². The molecule has 0 radical (unpaired) electrons. The SMILES string of the molecule is C=CC(=O)O.[Ru]. The second-order valence-electron chi connectivity index (χ2n) is 0.542. The third-order valence-electron chi connectivity index (χ3n) is 0.175. The van der Waals surface area contributed by atoms with Gasteiger partial charge in [0.1, 0.15) is 0 Å². The van der Waals surface area contributed by atoms with Crippen LogP contribution in [0.5, 0.6) is 0 Å². The Balaban J connectivity index is 0. The van der Waals surface area contributed by atoms with Crippen LogP contribution in [0.1, 0.15) is 0 Å². The molecule has 0 aromatic carbocycles. The molecule has 0 aromatic heterocycles. The molecule has 0 aliphatic carbocycles. The van der Waals surface area contributed by atoms with Gasteiger partial charge < -0.3 is 5.11 Å². The molecule has 0 rings (SSSR count). The summed E-state index contributed by atoms with van der Waals surface area (Å²) >= 11 is 0. The van der Waals surface area contributed by atoms with Crippen molar-refractivity contribution < 1.29 is 29.4 Å². The minimum Gasteiger partial charge on any atom is -0.478 e. The van der Waals surface area contributed by atoms with Crippen molar-refractivity contribution in [2.75, 3.05) is 0 Å². The number of hydrogen-bond donors (Lipinski definition) is 1. The Morgan fingerprint density at radius 2 is 2.00 bits per heavy atom. The van der Waals surface area contributed by atoms with Gasteiger partial charge in [-0.15, -0.1) is 0 Å². The summed E-state index contributed by atoms with van der Waals surface area (Å²) in [5.41, 5.74) is 0. The first-order valence-corrected chi connectivity index (χ1v) is 1.12. The molecule has 36 valence electrons. The van der Waals surface area contributed by atoms with E-state index in [1.54, 1.807) is 0 Å². The number of rotatable bonds is 1. The topological polar surface area (TPSA) is 37.3 Å². The van der Waals surface area contributed by atoms with Crippen LogP contribution in [0, 0.1) is 0 Å². The molecule has 0 fully saturated rings. The summed E-state index contributed by atoms with van der Waals surface area (Å²) in [7, 11) is 0. The maximum Gasteiger partial charge on any atom is 0.327 e. The summed E-state index contributed by atoms with van der Waals surface area (Å²) in [4.78, 5) is 9.25. The van der Waals surface area contributed by atoms with E-state index in [0.29, 0.717) is 0 Å². The summed E-state index contributed by atoms with van der Waals surface area (Å²) in [5, 5.41) is 7.60. The van der Waals surface area contributed by atoms with E-state index in [1.165, 1.54) is 0 Å². The van der Waals surface area contributed by atoms with Crippen LogP contribution < -0.4 is 0 Å². The fourth-order valence-electron chi connectivity index (χ4n) is 0. The van der Waals surface area contributed by atoms with Crippen LogP contribution in [0.4, 0.5) is 0 Å². The van der Waals surface area contributed by atoms with E-state index < -0.39 is 5.97 Å². The zero-order valence-electron chi connectivity index (χ0n) is 2.99. The molecule has 0 bridgehead atoms. The van der Waals surface area contributed by atoms with Gasteiger partial charge in [0.2, 0.25) is 0 Å². The molecule has 3 heteroatoms. The van der Waals surface area contributed by atoms with Crippen LogP contribution in [-0.2, 0) is 24.3 Å². The minimum atomic E-state index is -0.981. The normalized spacial score (nSPS) is 5.33. The summed E-state index contributed by atoms with van der Waals surface area (Å²) < 4.78 is 0. The summed E-state index contributed by atoms with van der Waals surface area (Å²) in [5.74, 6) is -0.981. The van der Waals surface area contributed by atoms with E-state index in [4.69, 9.17) is 5.11 Å². The van der Waals surface area contributed by atoms with Gasteiger partial charge in [0.15, 0.2) is 0 Å². The summed E-state index contributed by atoms with van der Waals surface area (Å²) in [6.45, 7) is 2.96. The van der Waals surface area contributed by atoms with Gasteiger partial charge in [-0.2, -0.15) is 0 Å². The van der Waals surface area contributed by atoms with Crippen molar-refractivity contribution in [3.05, 3.63) is 12.7 Å². The Bertz CT molecular complexity index is 59.8. The van der Waals surface area contributed by atoms with Gasteiger partial charge in [-0.25, -0.2) is 4.79 Å². The van der Waals surface area contributed by atoms with E-state index >= 15 is 0 Å². The average molecular weight is 173 g/mol. The third-order valence-corrected chi connectivity index (χ3v) is 0.175. The molecule has 0 aliphatic heterocycles. The molecule has 1 N–H and O–H groups in total. The van der Waals surface area contributed by atoms with Crippen molar-refractivity contribution in [2.45, 2.75) is 0 Å². The molecule has 0 unspecified atom stereocenters. The van der Waals surface area contributed by atoms with Gasteiger partial charge in [-0.3, -0.25) is 0 Å². The predicted molar refractivity (Wildman–Crippen MR) is 17.8 cm³/mol. The molecule has 6 heavy (non-hydrogen) atoms. The zero-order valence-corrected chi connectivity index (χ0v) is 4.73. The van der Waals surface area contributed by atoms with E-state index in [1.807, 2.05) is 0 Å². The quantitative estimate of drug-likeness (QED) is 0.456. The Morgan fingerprint density at radius 1 is 1.83 bits per heavy atom. The Morgan fingerprint density at radius 3 is 2.00 bits per heavy atom. The predicted octanol–water partition coefficient (Wildman–Crippen LogP) is 0.254. The van der Waals surface area contributed by atoms with Crippen molar-refractivity contribution in [2.24, 2.45) is 0 Å². The van der Waals surface area contributed by atoms with Crippen LogP contribution in [0.15, 0.2) is 12.7 Å². The number of carboxylic acid groups (broad SMARTS) is 1. The minimum absolute atomic E-state index is 0. The second kappa shape index (κ2) is 4.83. The van der Waals surface area contributed by atoms with Crippen LogP contribution in [0.25, 0.3) is 0 Å². The molecule has 0 saturated carbocycles. The summed E-state index contributed by atoms with van der Waals surface area (Å²) in [6.07, 6.45) is 0.833. The third kappa shape index (κ3) is 9.16. The molecular weight excluding hydrogens is 169 g/mol. The fourth-order valence-corrected chi connectivity index (χ4v) is 0. The van der Waals surface area contributed by atoms with Crippen molar-refractivity contribution in [3.63, 3.8) is 0 Å². The van der Waals surface area contributed by atoms with Gasteiger partial charge in [0.25, 0.3) is 0 Å². The standard InChI is InChI=1S/C3H4O2.Ru/c1-2-3(4)5;/h2H,1H2,(H,4,5);. The first-order chi connectivity index (χ1) is 2.27. The van der Waals surface area contributed by atoms with Crippen molar-refractivity contribution in [1.29, 1.82) is 0 Å². The van der Waals surface area contributed by atoms with Crippen LogP contribution >= 0.6 is 0 Å². The monoisotopic (exact) mass is 174 g/mol. The first kappa shape index (κ1) is 9.27. The molecule has 0 amide bonds. The molecule has 0 spiro atoms. The maximum atomic E-state index is 9.25. The molecule has 0 aliphatic rings. The molecule has 0 aromatic rings. The molecule has 0 atom stereocenters. The Labute approximate surface area is 48.6 Å². The van der Waals surface area contributed by atoms with E-state index in [-0.39, 0.29) is 19.5 Å². The largest absolute Gasteiger partial charge is 0.478 e. The molecular formula is C3H4O2Ru. The van der Waals surface area contributed by atoms with Gasteiger partial charge >= 0.3 is 5.97 Å². The molecule has 0 heterocycles. The summed E-state index contributed by atoms with van der Waals surface area (Å²) in [6, 6.07) is 0. The zero-order chi connectivity index (χ0) is 4.28. The van der Waals surface area contributed by atoms with E-state index in [0.717, 1.165) is 6.08 Å². The molecule has 2 nitrogen and oxygen atoms in total. The number of carbonyl (C=O) groups is 1. The van der Waals surface area contributed by atoms with E-state index in [9.17, 15) is 4.79 Å². The second-order valence-corrected chi connectivity index (χ2v) is 0.542. The maximum absolute atomic E-state index is 9.25. The van der Waals surface area contributed by atoms with Crippen molar-refractivity contribution >= 4 is 5.97 Å². The Kier molecular flexibility index (Phi) is 7.47. The van der Waals surface area contributed by atoms with Gasteiger partial charge in [0.05, 0.1) is 0 Å². The van der Waals surface area contributed by atoms with Crippen LogP contribution in [0.2, 0.25) is 0 Å². The first-order valence-electron chi connectivity index (χ1n) is 1.12. The smallest absolute Gasteiger partial charge is 0.327 e. The number of carboxylic acids is 1.